The van der Waals surface area contributed by atoms with Crippen molar-refractivity contribution in [2.45, 2.75) is 19.4 Å². The Bertz CT molecular complexity index is 472. The zero-order valence-corrected chi connectivity index (χ0v) is 11.8. The summed E-state index contributed by atoms with van der Waals surface area (Å²) in [4.78, 5) is 19.4. The summed E-state index contributed by atoms with van der Waals surface area (Å²) in [5, 5.41) is 7.33. The van der Waals surface area contributed by atoms with Crippen molar-refractivity contribution in [3.8, 4) is 0 Å². The molecule has 1 aromatic rings. The van der Waals surface area contributed by atoms with Crippen LogP contribution in [0.5, 0.6) is 0 Å². The fraction of sp³-hybridized carbons (Fsp3) is 0.462. The molecule has 0 fully saturated rings. The maximum absolute atomic E-state index is 11.9. The zero-order chi connectivity index (χ0) is 14.6. The van der Waals surface area contributed by atoms with Crippen molar-refractivity contribution >= 4 is 17.4 Å². The number of nitrogens with zero attached hydrogens (tertiary/aromatic N) is 3. The number of amidine groups is 1. The van der Waals surface area contributed by atoms with Crippen molar-refractivity contribution in [1.82, 2.24) is 9.88 Å². The van der Waals surface area contributed by atoms with Crippen LogP contribution >= 0.6 is 0 Å². The summed E-state index contributed by atoms with van der Waals surface area (Å²) in [7, 11) is 5.30. The van der Waals surface area contributed by atoms with Gasteiger partial charge in [-0.15, -0.1) is 0 Å². The molecule has 6 nitrogen and oxygen atoms in total. The van der Waals surface area contributed by atoms with Gasteiger partial charge in [0.1, 0.15) is 5.69 Å². The van der Waals surface area contributed by atoms with Crippen molar-refractivity contribution in [3.63, 3.8) is 0 Å². The number of anilines is 1. The Morgan fingerprint density at radius 2 is 2.11 bits per heavy atom. The predicted octanol–water partition coefficient (Wildman–Crippen LogP) is 0.934. The van der Waals surface area contributed by atoms with Crippen LogP contribution < -0.4 is 10.6 Å². The summed E-state index contributed by atoms with van der Waals surface area (Å²) in [6.07, 6.45) is 2.10. The largest absolute Gasteiger partial charge is 0.388 e. The predicted molar refractivity (Wildman–Crippen MR) is 76.7 cm³/mol. The zero-order valence-electron chi connectivity index (χ0n) is 11.8. The molecule has 19 heavy (non-hydrogen) atoms. The van der Waals surface area contributed by atoms with Crippen LogP contribution in [-0.2, 0) is 0 Å². The minimum Gasteiger partial charge on any atom is -0.388 e. The minimum absolute atomic E-state index is 0.0854. The molecule has 1 amide bonds. The number of rotatable bonds is 5. The van der Waals surface area contributed by atoms with E-state index >= 15 is 0 Å². The van der Waals surface area contributed by atoms with E-state index in [0.717, 1.165) is 5.69 Å². The first-order valence-corrected chi connectivity index (χ1v) is 6.06. The van der Waals surface area contributed by atoms with Crippen LogP contribution in [0.25, 0.3) is 0 Å². The van der Waals surface area contributed by atoms with Gasteiger partial charge in [0.15, 0.2) is 0 Å². The molecule has 0 aliphatic heterocycles. The number of pyridine rings is 1. The second-order valence-corrected chi connectivity index (χ2v) is 4.79. The second kappa shape index (κ2) is 6.17. The Morgan fingerprint density at radius 1 is 1.47 bits per heavy atom. The summed E-state index contributed by atoms with van der Waals surface area (Å²) in [5.74, 6) is 0.0208. The van der Waals surface area contributed by atoms with E-state index in [1.165, 1.54) is 4.90 Å². The molecule has 1 unspecified atom stereocenters. The van der Waals surface area contributed by atoms with E-state index in [9.17, 15) is 4.79 Å². The molecule has 0 radical (unpaired) electrons. The maximum Gasteiger partial charge on any atom is 0.272 e. The van der Waals surface area contributed by atoms with Gasteiger partial charge in [0, 0.05) is 45.5 Å². The van der Waals surface area contributed by atoms with E-state index in [-0.39, 0.29) is 17.8 Å². The third kappa shape index (κ3) is 3.94. The van der Waals surface area contributed by atoms with Gasteiger partial charge < -0.3 is 15.5 Å². The van der Waals surface area contributed by atoms with Gasteiger partial charge in [0.05, 0.1) is 5.84 Å². The molecule has 0 aliphatic rings. The Morgan fingerprint density at radius 3 is 2.63 bits per heavy atom. The molecule has 1 aromatic heterocycles. The van der Waals surface area contributed by atoms with Crippen molar-refractivity contribution < 1.29 is 4.79 Å². The maximum atomic E-state index is 11.9. The molecule has 1 rings (SSSR count). The van der Waals surface area contributed by atoms with E-state index < -0.39 is 0 Å². The van der Waals surface area contributed by atoms with Gasteiger partial charge in [-0.2, -0.15) is 0 Å². The lowest BCUT2D eigenvalue weighted by Gasteiger charge is -2.27. The van der Waals surface area contributed by atoms with E-state index in [0.29, 0.717) is 12.1 Å². The van der Waals surface area contributed by atoms with Gasteiger partial charge >= 0.3 is 0 Å². The van der Waals surface area contributed by atoms with Crippen LogP contribution in [0.15, 0.2) is 18.3 Å². The molecule has 0 aliphatic carbocycles. The van der Waals surface area contributed by atoms with Crippen molar-refractivity contribution in [3.05, 3.63) is 24.0 Å². The van der Waals surface area contributed by atoms with Gasteiger partial charge in [0.2, 0.25) is 0 Å². The Kier molecular flexibility index (Phi) is 4.86. The Hall–Kier alpha value is -2.11. The van der Waals surface area contributed by atoms with Crippen molar-refractivity contribution in [2.75, 3.05) is 26.0 Å². The molecule has 1 heterocycles. The molecular formula is C13H21N5O. The van der Waals surface area contributed by atoms with E-state index in [1.807, 2.05) is 24.9 Å². The molecule has 0 bridgehead atoms. The summed E-state index contributed by atoms with van der Waals surface area (Å²) < 4.78 is 0. The van der Waals surface area contributed by atoms with Gasteiger partial charge in [0.25, 0.3) is 5.91 Å². The van der Waals surface area contributed by atoms with Crippen LogP contribution in [0.3, 0.4) is 0 Å². The highest BCUT2D eigenvalue weighted by Gasteiger charge is 2.15. The highest BCUT2D eigenvalue weighted by atomic mass is 16.2. The van der Waals surface area contributed by atoms with Crippen LogP contribution in [0.2, 0.25) is 0 Å². The average molecular weight is 263 g/mol. The molecule has 6 heteroatoms. The van der Waals surface area contributed by atoms with Gasteiger partial charge in [-0.25, -0.2) is 0 Å². The average Bonchev–Trinajstić information content (AvgIpc) is 2.36. The van der Waals surface area contributed by atoms with Gasteiger partial charge in [-0.05, 0) is 19.1 Å². The molecule has 1 atom stereocenters. The first-order valence-electron chi connectivity index (χ1n) is 6.06. The lowest BCUT2D eigenvalue weighted by atomic mass is 10.1. The number of aromatic nitrogens is 1. The molecule has 104 valence electrons. The summed E-state index contributed by atoms with van der Waals surface area (Å²) in [6, 6.07) is 3.67. The Balaban J connectivity index is 2.92. The molecule has 0 saturated carbocycles. The number of nitrogens with two attached hydrogens (primary N) is 1. The lowest BCUT2D eigenvalue weighted by molar-refractivity contribution is 0.0822. The van der Waals surface area contributed by atoms with Crippen LogP contribution in [0.4, 0.5) is 5.69 Å². The number of hydrogen-bond donors (Lipinski definition) is 2. The summed E-state index contributed by atoms with van der Waals surface area (Å²) in [5.41, 5.74) is 6.70. The molecule has 0 spiro atoms. The Labute approximate surface area is 113 Å². The number of nitrogens with one attached hydrogen (secondary N) is 1. The standard InChI is InChI=1S/C13H21N5O/c1-9(7-12(14)15)18(4)10-5-6-16-11(8-10)13(19)17(2)3/h5-6,8-9H,7H2,1-4H3,(H3,14,15). The third-order valence-corrected chi connectivity index (χ3v) is 2.95. The fourth-order valence-electron chi connectivity index (χ4n) is 1.69. The minimum atomic E-state index is -0.130. The normalized spacial score (nSPS) is 11.8. The topological polar surface area (TPSA) is 86.3 Å². The quantitative estimate of drug-likeness (QED) is 0.611. The molecule has 0 aromatic carbocycles. The van der Waals surface area contributed by atoms with E-state index in [2.05, 4.69) is 4.98 Å². The number of hydrogen-bond acceptors (Lipinski definition) is 4. The van der Waals surface area contributed by atoms with Gasteiger partial charge in [-0.3, -0.25) is 15.2 Å². The van der Waals surface area contributed by atoms with Gasteiger partial charge in [-0.1, -0.05) is 0 Å². The summed E-state index contributed by atoms with van der Waals surface area (Å²) >= 11 is 0. The van der Waals surface area contributed by atoms with E-state index in [4.69, 9.17) is 11.1 Å². The van der Waals surface area contributed by atoms with E-state index in [1.54, 1.807) is 26.4 Å². The number of carbonyl (C=O) groups excluding carboxylic acids is 1. The smallest absolute Gasteiger partial charge is 0.272 e. The number of amides is 1. The summed E-state index contributed by atoms with van der Waals surface area (Å²) in [6.45, 7) is 1.98. The van der Waals surface area contributed by atoms with Crippen LogP contribution in [-0.4, -0.2) is 48.8 Å². The van der Waals surface area contributed by atoms with Crippen molar-refractivity contribution in [1.29, 1.82) is 5.41 Å². The monoisotopic (exact) mass is 263 g/mol. The highest BCUT2D eigenvalue weighted by molar-refractivity contribution is 5.92. The number of carbonyl (C=O) groups is 1. The second-order valence-electron chi connectivity index (χ2n) is 4.79. The lowest BCUT2D eigenvalue weighted by Crippen LogP contribution is -2.33. The molecular weight excluding hydrogens is 242 g/mol. The third-order valence-electron chi connectivity index (χ3n) is 2.95. The molecule has 0 saturated heterocycles. The molecule has 3 N–H and O–H groups in total. The first kappa shape index (κ1) is 14.9. The SMILES string of the molecule is CC(CC(=N)N)N(C)c1ccnc(C(=O)N(C)C)c1. The van der Waals surface area contributed by atoms with Crippen LogP contribution in [0, 0.1) is 5.41 Å². The van der Waals surface area contributed by atoms with Crippen molar-refractivity contribution in [2.24, 2.45) is 5.73 Å². The first-order chi connectivity index (χ1) is 8.82. The highest BCUT2D eigenvalue weighted by Crippen LogP contribution is 2.17. The van der Waals surface area contributed by atoms with Crippen LogP contribution in [0.1, 0.15) is 23.8 Å². The fourth-order valence-corrected chi connectivity index (χ4v) is 1.69.